The van der Waals surface area contributed by atoms with Crippen LogP contribution >= 0.6 is 0 Å². The third kappa shape index (κ3) is 3.11. The Hall–Kier alpha value is -2.34. The van der Waals surface area contributed by atoms with Crippen molar-refractivity contribution in [2.45, 2.75) is 19.8 Å². The molecular formula is C16H15FN2. The third-order valence-corrected chi connectivity index (χ3v) is 2.91. The van der Waals surface area contributed by atoms with Gasteiger partial charge in [0.25, 0.3) is 0 Å². The molecule has 96 valence electrons. The normalized spacial score (nSPS) is 9.95. The number of nitrogens with zero attached hydrogens (tertiary/aromatic N) is 1. The zero-order chi connectivity index (χ0) is 13.7. The zero-order valence-corrected chi connectivity index (χ0v) is 10.8. The molecule has 0 radical (unpaired) electrons. The van der Waals surface area contributed by atoms with Gasteiger partial charge in [-0.15, -0.1) is 0 Å². The molecule has 0 aliphatic rings. The van der Waals surface area contributed by atoms with Crippen molar-refractivity contribution in [3.8, 4) is 6.07 Å². The molecule has 0 saturated heterocycles. The number of nitrogens with one attached hydrogen (secondary N) is 1. The molecule has 0 aliphatic carbocycles. The average molecular weight is 254 g/mol. The first-order valence-corrected chi connectivity index (χ1v) is 6.29. The van der Waals surface area contributed by atoms with E-state index in [2.05, 4.69) is 18.3 Å². The summed E-state index contributed by atoms with van der Waals surface area (Å²) >= 11 is 0. The van der Waals surface area contributed by atoms with Gasteiger partial charge in [0, 0.05) is 11.4 Å². The Kier molecular flexibility index (Phi) is 4.15. The molecule has 0 bridgehead atoms. The summed E-state index contributed by atoms with van der Waals surface area (Å²) in [6.45, 7) is 2.12. The quantitative estimate of drug-likeness (QED) is 0.878. The fraction of sp³-hybridized carbons (Fsp3) is 0.188. The number of benzene rings is 2. The summed E-state index contributed by atoms with van der Waals surface area (Å²) in [5.41, 5.74) is 2.90. The number of hydrogen-bond acceptors (Lipinski definition) is 2. The highest BCUT2D eigenvalue weighted by molar-refractivity contribution is 5.64. The van der Waals surface area contributed by atoms with Gasteiger partial charge in [0.1, 0.15) is 11.9 Å². The lowest BCUT2D eigenvalue weighted by Gasteiger charge is -2.11. The van der Waals surface area contributed by atoms with Crippen molar-refractivity contribution in [2.24, 2.45) is 0 Å². The lowest BCUT2D eigenvalue weighted by Crippen LogP contribution is -1.97. The van der Waals surface area contributed by atoms with Crippen molar-refractivity contribution in [1.29, 1.82) is 5.26 Å². The summed E-state index contributed by atoms with van der Waals surface area (Å²) in [7, 11) is 0. The molecule has 0 aromatic heterocycles. The predicted octanol–water partition coefficient (Wildman–Crippen LogP) is 4.39. The fourth-order valence-electron chi connectivity index (χ4n) is 1.97. The Labute approximate surface area is 112 Å². The Morgan fingerprint density at radius 1 is 1.21 bits per heavy atom. The Bertz CT molecular complexity index is 614. The Balaban J connectivity index is 2.26. The van der Waals surface area contributed by atoms with E-state index < -0.39 is 5.82 Å². The molecule has 2 aromatic carbocycles. The SMILES string of the molecule is CCCc1ccccc1Nc1ccc(C#N)c(F)c1. The molecule has 19 heavy (non-hydrogen) atoms. The summed E-state index contributed by atoms with van der Waals surface area (Å²) in [6, 6.07) is 14.3. The van der Waals surface area contributed by atoms with Crippen LogP contribution in [0.2, 0.25) is 0 Å². The van der Waals surface area contributed by atoms with E-state index in [1.165, 1.54) is 17.7 Å². The minimum absolute atomic E-state index is 0.0624. The smallest absolute Gasteiger partial charge is 0.143 e. The number of anilines is 2. The highest BCUT2D eigenvalue weighted by Gasteiger charge is 2.05. The molecule has 0 saturated carbocycles. The number of aryl methyl sites for hydroxylation is 1. The lowest BCUT2D eigenvalue weighted by molar-refractivity contribution is 0.624. The van der Waals surface area contributed by atoms with E-state index in [0.717, 1.165) is 18.5 Å². The van der Waals surface area contributed by atoms with Gasteiger partial charge < -0.3 is 5.32 Å². The van der Waals surface area contributed by atoms with Crippen LogP contribution in [0.3, 0.4) is 0 Å². The van der Waals surface area contributed by atoms with Gasteiger partial charge in [0.05, 0.1) is 5.56 Å². The molecule has 3 heteroatoms. The van der Waals surface area contributed by atoms with Gasteiger partial charge in [-0.3, -0.25) is 0 Å². The third-order valence-electron chi connectivity index (χ3n) is 2.91. The van der Waals surface area contributed by atoms with Crippen molar-refractivity contribution in [3.63, 3.8) is 0 Å². The van der Waals surface area contributed by atoms with Crippen molar-refractivity contribution in [1.82, 2.24) is 0 Å². The maximum Gasteiger partial charge on any atom is 0.143 e. The van der Waals surface area contributed by atoms with Gasteiger partial charge in [0.15, 0.2) is 0 Å². The van der Waals surface area contributed by atoms with Crippen LogP contribution in [0.5, 0.6) is 0 Å². The van der Waals surface area contributed by atoms with Gasteiger partial charge in [-0.1, -0.05) is 31.5 Å². The predicted molar refractivity (Wildman–Crippen MR) is 74.8 cm³/mol. The van der Waals surface area contributed by atoms with Crippen molar-refractivity contribution in [2.75, 3.05) is 5.32 Å². The molecule has 0 fully saturated rings. The van der Waals surface area contributed by atoms with Gasteiger partial charge >= 0.3 is 0 Å². The topological polar surface area (TPSA) is 35.8 Å². The second-order valence-corrected chi connectivity index (χ2v) is 4.34. The maximum atomic E-state index is 13.5. The molecule has 0 amide bonds. The highest BCUT2D eigenvalue weighted by Crippen LogP contribution is 2.23. The van der Waals surface area contributed by atoms with Crippen LogP contribution < -0.4 is 5.32 Å². The minimum atomic E-state index is -0.500. The Morgan fingerprint density at radius 3 is 2.68 bits per heavy atom. The summed E-state index contributed by atoms with van der Waals surface area (Å²) in [5.74, 6) is -0.500. The van der Waals surface area contributed by atoms with E-state index in [0.29, 0.717) is 5.69 Å². The number of para-hydroxylation sites is 1. The number of hydrogen-bond donors (Lipinski definition) is 1. The van der Waals surface area contributed by atoms with E-state index in [1.807, 2.05) is 24.3 Å². The summed E-state index contributed by atoms with van der Waals surface area (Å²) < 4.78 is 13.5. The summed E-state index contributed by atoms with van der Waals surface area (Å²) in [5, 5.41) is 11.9. The Morgan fingerprint density at radius 2 is 2.00 bits per heavy atom. The highest BCUT2D eigenvalue weighted by atomic mass is 19.1. The molecule has 2 nitrogen and oxygen atoms in total. The second kappa shape index (κ2) is 6.01. The first-order chi connectivity index (χ1) is 9.24. The van der Waals surface area contributed by atoms with Gasteiger partial charge in [-0.05, 0) is 36.2 Å². The van der Waals surface area contributed by atoms with Gasteiger partial charge in [0.2, 0.25) is 0 Å². The van der Waals surface area contributed by atoms with Crippen LogP contribution in [0, 0.1) is 17.1 Å². The van der Waals surface area contributed by atoms with Gasteiger partial charge in [-0.25, -0.2) is 4.39 Å². The number of halogens is 1. The van der Waals surface area contributed by atoms with Crippen LogP contribution in [0.1, 0.15) is 24.5 Å². The number of nitriles is 1. The second-order valence-electron chi connectivity index (χ2n) is 4.34. The van der Waals surface area contributed by atoms with E-state index in [-0.39, 0.29) is 5.56 Å². The van der Waals surface area contributed by atoms with Gasteiger partial charge in [-0.2, -0.15) is 5.26 Å². The van der Waals surface area contributed by atoms with E-state index in [4.69, 9.17) is 5.26 Å². The van der Waals surface area contributed by atoms with Crippen LogP contribution in [-0.4, -0.2) is 0 Å². The molecule has 0 spiro atoms. The molecule has 0 atom stereocenters. The first kappa shape index (κ1) is 13.1. The largest absolute Gasteiger partial charge is 0.355 e. The molecule has 0 heterocycles. The first-order valence-electron chi connectivity index (χ1n) is 6.29. The van der Waals surface area contributed by atoms with E-state index >= 15 is 0 Å². The summed E-state index contributed by atoms with van der Waals surface area (Å²) in [4.78, 5) is 0. The zero-order valence-electron chi connectivity index (χ0n) is 10.8. The molecule has 0 aliphatic heterocycles. The van der Waals surface area contributed by atoms with Crippen LogP contribution in [0.4, 0.5) is 15.8 Å². The summed E-state index contributed by atoms with van der Waals surface area (Å²) in [6.07, 6.45) is 2.03. The maximum absolute atomic E-state index is 13.5. The standard InChI is InChI=1S/C16H15FN2/c1-2-5-12-6-3-4-7-16(12)19-14-9-8-13(11-18)15(17)10-14/h3-4,6-10,19H,2,5H2,1H3. The van der Waals surface area contributed by atoms with E-state index in [1.54, 1.807) is 6.07 Å². The van der Waals surface area contributed by atoms with Crippen molar-refractivity contribution >= 4 is 11.4 Å². The fourth-order valence-corrected chi connectivity index (χ4v) is 1.97. The monoisotopic (exact) mass is 254 g/mol. The molecule has 2 rings (SSSR count). The molecule has 2 aromatic rings. The van der Waals surface area contributed by atoms with Crippen molar-refractivity contribution in [3.05, 3.63) is 59.4 Å². The van der Waals surface area contributed by atoms with Crippen LogP contribution in [0.15, 0.2) is 42.5 Å². The van der Waals surface area contributed by atoms with Crippen molar-refractivity contribution < 1.29 is 4.39 Å². The van der Waals surface area contributed by atoms with Crippen LogP contribution in [-0.2, 0) is 6.42 Å². The number of rotatable bonds is 4. The molecular weight excluding hydrogens is 239 g/mol. The van der Waals surface area contributed by atoms with E-state index in [9.17, 15) is 4.39 Å². The molecule has 0 unspecified atom stereocenters. The lowest BCUT2D eigenvalue weighted by atomic mass is 10.1. The molecule has 1 N–H and O–H groups in total. The van der Waals surface area contributed by atoms with Crippen LogP contribution in [0.25, 0.3) is 0 Å². The minimum Gasteiger partial charge on any atom is -0.355 e. The average Bonchev–Trinajstić information content (AvgIpc) is 2.41.